The normalized spacial score (nSPS) is 14.9. The molecule has 0 saturated heterocycles. The van der Waals surface area contributed by atoms with Crippen molar-refractivity contribution in [2.75, 3.05) is 4.90 Å². The first-order valence-corrected chi connectivity index (χ1v) is 11.3. The van der Waals surface area contributed by atoms with E-state index in [-0.39, 0.29) is 16.6 Å². The predicted octanol–water partition coefficient (Wildman–Crippen LogP) is 5.22. The van der Waals surface area contributed by atoms with Crippen molar-refractivity contribution >= 4 is 26.6 Å². The Morgan fingerprint density at radius 3 is 2.31 bits per heavy atom. The molecule has 152 valence electrons. The molecule has 2 N–H and O–H groups in total. The van der Waals surface area contributed by atoms with Gasteiger partial charge in [-0.25, -0.2) is 0 Å². The zero-order valence-corrected chi connectivity index (χ0v) is 17.4. The number of anilines is 1. The Hall–Kier alpha value is -2.57. The van der Waals surface area contributed by atoms with Crippen LogP contribution in [0.15, 0.2) is 53.4 Å². The summed E-state index contributed by atoms with van der Waals surface area (Å²) in [5, 5.41) is 12.1. The van der Waals surface area contributed by atoms with Crippen LogP contribution in [-0.4, -0.2) is 18.1 Å². The van der Waals surface area contributed by atoms with Crippen LogP contribution in [0.1, 0.15) is 49.3 Å². The van der Waals surface area contributed by atoms with Crippen LogP contribution in [0.2, 0.25) is 0 Å². The third-order valence-corrected chi connectivity index (χ3v) is 6.69. The average molecular weight is 412 g/mol. The minimum atomic E-state index is -4.46. The zero-order chi connectivity index (χ0) is 20.8. The number of nitrogens with zero attached hydrogens (tertiary/aromatic N) is 1. The Morgan fingerprint density at radius 2 is 1.72 bits per heavy atom. The van der Waals surface area contributed by atoms with Crippen LogP contribution in [0.5, 0.6) is 5.75 Å². The Labute approximate surface area is 171 Å². The maximum absolute atomic E-state index is 12.1. The SMILES string of the molecule is CCCC(C)c1c(S(=O)(=O)O)cc2cc(N3Cc4ccccc4C3)ccc2c1O. The molecule has 3 aromatic rings. The summed E-state index contributed by atoms with van der Waals surface area (Å²) in [6, 6.07) is 15.4. The Kier molecular flexibility index (Phi) is 5.00. The van der Waals surface area contributed by atoms with E-state index in [0.29, 0.717) is 22.8 Å². The lowest BCUT2D eigenvalue weighted by Crippen LogP contribution is -2.14. The van der Waals surface area contributed by atoms with E-state index in [4.69, 9.17) is 0 Å². The van der Waals surface area contributed by atoms with Gasteiger partial charge in [0.1, 0.15) is 10.6 Å². The van der Waals surface area contributed by atoms with Gasteiger partial charge in [0.15, 0.2) is 0 Å². The van der Waals surface area contributed by atoms with E-state index in [2.05, 4.69) is 17.0 Å². The number of hydrogen-bond donors (Lipinski definition) is 2. The van der Waals surface area contributed by atoms with Gasteiger partial charge < -0.3 is 10.0 Å². The summed E-state index contributed by atoms with van der Waals surface area (Å²) >= 11 is 0. The summed E-state index contributed by atoms with van der Waals surface area (Å²) in [4.78, 5) is 2.01. The summed E-state index contributed by atoms with van der Waals surface area (Å²) in [6.45, 7) is 5.44. The van der Waals surface area contributed by atoms with E-state index in [1.807, 2.05) is 44.2 Å². The monoisotopic (exact) mass is 411 g/mol. The number of fused-ring (bicyclic) bond motifs is 2. The fraction of sp³-hybridized carbons (Fsp3) is 0.304. The van der Waals surface area contributed by atoms with E-state index in [0.717, 1.165) is 25.2 Å². The number of benzene rings is 3. The van der Waals surface area contributed by atoms with Crippen molar-refractivity contribution < 1.29 is 18.1 Å². The van der Waals surface area contributed by atoms with E-state index >= 15 is 0 Å². The summed E-state index contributed by atoms with van der Waals surface area (Å²) in [6.07, 6.45) is 1.56. The van der Waals surface area contributed by atoms with Crippen LogP contribution in [0.4, 0.5) is 5.69 Å². The summed E-state index contributed by atoms with van der Waals surface area (Å²) in [5.41, 5.74) is 3.79. The van der Waals surface area contributed by atoms with Crippen LogP contribution >= 0.6 is 0 Å². The third kappa shape index (κ3) is 3.58. The fourth-order valence-electron chi connectivity index (χ4n) is 4.35. The molecule has 29 heavy (non-hydrogen) atoms. The first kappa shape index (κ1) is 19.7. The molecule has 0 saturated carbocycles. The second kappa shape index (κ2) is 7.35. The molecule has 5 nitrogen and oxygen atoms in total. The van der Waals surface area contributed by atoms with E-state index in [1.54, 1.807) is 0 Å². The maximum Gasteiger partial charge on any atom is 0.294 e. The second-order valence-corrected chi connectivity index (χ2v) is 9.22. The number of phenols is 1. The number of hydrogen-bond acceptors (Lipinski definition) is 4. The summed E-state index contributed by atoms with van der Waals surface area (Å²) < 4.78 is 34.0. The molecule has 4 rings (SSSR count). The van der Waals surface area contributed by atoms with E-state index in [9.17, 15) is 18.1 Å². The minimum Gasteiger partial charge on any atom is -0.507 e. The highest BCUT2D eigenvalue weighted by atomic mass is 32.2. The maximum atomic E-state index is 12.1. The highest BCUT2D eigenvalue weighted by Crippen LogP contribution is 2.41. The van der Waals surface area contributed by atoms with Gasteiger partial charge in [-0.3, -0.25) is 4.55 Å². The lowest BCUT2D eigenvalue weighted by molar-refractivity contribution is 0.454. The highest BCUT2D eigenvalue weighted by Gasteiger charge is 2.26. The summed E-state index contributed by atoms with van der Waals surface area (Å²) in [7, 11) is -4.46. The predicted molar refractivity (Wildman–Crippen MR) is 115 cm³/mol. The van der Waals surface area contributed by atoms with Crippen LogP contribution in [0.25, 0.3) is 10.8 Å². The highest BCUT2D eigenvalue weighted by molar-refractivity contribution is 7.85. The molecule has 0 bridgehead atoms. The molecule has 1 heterocycles. The molecule has 6 heteroatoms. The number of aromatic hydroxyl groups is 1. The van der Waals surface area contributed by atoms with Gasteiger partial charge in [0.25, 0.3) is 10.1 Å². The molecule has 3 aromatic carbocycles. The zero-order valence-electron chi connectivity index (χ0n) is 16.6. The average Bonchev–Trinajstić information content (AvgIpc) is 3.11. The van der Waals surface area contributed by atoms with Gasteiger partial charge in [-0.15, -0.1) is 0 Å². The van der Waals surface area contributed by atoms with Gasteiger partial charge in [-0.2, -0.15) is 8.42 Å². The molecule has 1 atom stereocenters. The molecule has 1 unspecified atom stereocenters. The fourth-order valence-corrected chi connectivity index (χ4v) is 5.20. The Morgan fingerprint density at radius 1 is 1.07 bits per heavy atom. The van der Waals surface area contributed by atoms with Gasteiger partial charge in [-0.1, -0.05) is 44.5 Å². The molecular weight excluding hydrogens is 386 g/mol. The topological polar surface area (TPSA) is 77.8 Å². The lowest BCUT2D eigenvalue weighted by atomic mass is 9.92. The molecule has 1 aliphatic rings. The van der Waals surface area contributed by atoms with Gasteiger partial charge in [0.05, 0.1) is 0 Å². The van der Waals surface area contributed by atoms with Gasteiger partial charge in [0, 0.05) is 29.7 Å². The van der Waals surface area contributed by atoms with Crippen molar-refractivity contribution in [3.05, 3.63) is 65.2 Å². The van der Waals surface area contributed by atoms with E-state index < -0.39 is 10.1 Å². The largest absolute Gasteiger partial charge is 0.507 e. The minimum absolute atomic E-state index is 0.0627. The van der Waals surface area contributed by atoms with Crippen molar-refractivity contribution in [2.45, 2.75) is 50.6 Å². The van der Waals surface area contributed by atoms with Gasteiger partial charge >= 0.3 is 0 Å². The summed E-state index contributed by atoms with van der Waals surface area (Å²) in [5.74, 6) is -0.249. The molecule has 1 aliphatic heterocycles. The molecule has 0 aliphatic carbocycles. The van der Waals surface area contributed by atoms with Crippen molar-refractivity contribution in [1.29, 1.82) is 0 Å². The van der Waals surface area contributed by atoms with Crippen LogP contribution < -0.4 is 4.90 Å². The van der Waals surface area contributed by atoms with Crippen LogP contribution in [0, 0.1) is 0 Å². The number of phenolic OH excluding ortho intramolecular Hbond substituents is 1. The molecule has 0 aromatic heterocycles. The second-order valence-electron chi connectivity index (χ2n) is 7.83. The van der Waals surface area contributed by atoms with Crippen molar-refractivity contribution in [3.63, 3.8) is 0 Å². The van der Waals surface area contributed by atoms with Crippen LogP contribution in [0.3, 0.4) is 0 Å². The molecule has 0 spiro atoms. The molecular formula is C23H25NO4S. The smallest absolute Gasteiger partial charge is 0.294 e. The quantitative estimate of drug-likeness (QED) is 0.563. The number of rotatable bonds is 5. The third-order valence-electron chi connectivity index (χ3n) is 5.80. The Bertz CT molecular complexity index is 1160. The van der Waals surface area contributed by atoms with Gasteiger partial charge in [0.2, 0.25) is 0 Å². The van der Waals surface area contributed by atoms with E-state index in [1.165, 1.54) is 17.2 Å². The lowest BCUT2D eigenvalue weighted by Gasteiger charge is -2.21. The first-order valence-electron chi connectivity index (χ1n) is 9.88. The molecule has 0 radical (unpaired) electrons. The Balaban J connectivity index is 1.83. The van der Waals surface area contributed by atoms with Crippen molar-refractivity contribution in [2.24, 2.45) is 0 Å². The van der Waals surface area contributed by atoms with Crippen molar-refractivity contribution in [3.8, 4) is 5.75 Å². The standard InChI is InChI=1S/C23H25NO4S/c1-3-6-15(2)22-21(29(26,27)28)12-18-11-19(9-10-20(18)23(22)25)24-13-16-7-4-5-8-17(16)14-24/h4-5,7-12,15,25H,3,6,13-14H2,1-2H3,(H,26,27,28). The van der Waals surface area contributed by atoms with Crippen LogP contribution in [-0.2, 0) is 23.2 Å². The van der Waals surface area contributed by atoms with Crippen molar-refractivity contribution in [1.82, 2.24) is 0 Å². The first-order chi connectivity index (χ1) is 13.8. The molecule has 0 amide bonds. The van der Waals surface area contributed by atoms with Gasteiger partial charge in [-0.05, 0) is 53.1 Å². The molecule has 0 fully saturated rings.